The van der Waals surface area contributed by atoms with Crippen LogP contribution in [-0.4, -0.2) is 18.3 Å². The minimum Gasteiger partial charge on any atom is -0.508 e. The van der Waals surface area contributed by atoms with Crippen LogP contribution in [0.2, 0.25) is 0 Å². The number of rotatable bonds is 4. The van der Waals surface area contributed by atoms with E-state index in [2.05, 4.69) is 0 Å². The fraction of sp³-hybridized carbons (Fsp3) is 0.667. The Kier molecular flexibility index (Phi) is 3.35. The quantitative estimate of drug-likeness (QED) is 0.907. The zero-order chi connectivity index (χ0) is 13.3. The summed E-state index contributed by atoms with van der Waals surface area (Å²) in [6, 6.07) is 2.68. The van der Waals surface area contributed by atoms with Crippen molar-refractivity contribution in [1.82, 2.24) is 0 Å². The van der Waals surface area contributed by atoms with Gasteiger partial charge in [0.05, 0.1) is 6.07 Å². The molecule has 0 spiro atoms. The first kappa shape index (κ1) is 12.7. The minimum atomic E-state index is -0.466. The van der Waals surface area contributed by atoms with E-state index in [1.54, 1.807) is 6.07 Å². The van der Waals surface area contributed by atoms with Crippen molar-refractivity contribution in [3.05, 3.63) is 28.3 Å². The molecule has 2 aliphatic rings. The number of aromatic hydroxyl groups is 1. The van der Waals surface area contributed by atoms with Crippen LogP contribution in [0, 0.1) is 11.3 Å². The van der Waals surface area contributed by atoms with Gasteiger partial charge < -0.3 is 14.3 Å². The second-order valence-electron chi connectivity index (χ2n) is 6.07. The van der Waals surface area contributed by atoms with Crippen molar-refractivity contribution in [3.8, 4) is 5.75 Å². The normalized spacial score (nSPS) is 25.2. The van der Waals surface area contributed by atoms with Crippen LogP contribution < -0.4 is 5.63 Å². The lowest BCUT2D eigenvalue weighted by Crippen LogP contribution is -2.22. The van der Waals surface area contributed by atoms with E-state index in [0.717, 1.165) is 38.5 Å². The summed E-state index contributed by atoms with van der Waals surface area (Å²) < 4.78 is 10.7. The molecule has 1 aliphatic carbocycles. The lowest BCUT2D eigenvalue weighted by molar-refractivity contribution is 0.0426. The van der Waals surface area contributed by atoms with Crippen molar-refractivity contribution in [3.63, 3.8) is 0 Å². The van der Waals surface area contributed by atoms with E-state index in [1.807, 2.05) is 0 Å². The second kappa shape index (κ2) is 5.00. The molecule has 2 fully saturated rings. The van der Waals surface area contributed by atoms with Gasteiger partial charge in [0.1, 0.15) is 11.5 Å². The molecule has 0 radical (unpaired) electrons. The zero-order valence-electron chi connectivity index (χ0n) is 11.1. The fourth-order valence-electron chi connectivity index (χ4n) is 3.18. The van der Waals surface area contributed by atoms with Crippen LogP contribution in [0.15, 0.2) is 21.3 Å². The summed E-state index contributed by atoms with van der Waals surface area (Å²) in [5.74, 6) is 1.25. The molecule has 4 heteroatoms. The lowest BCUT2D eigenvalue weighted by atomic mass is 9.85. The minimum absolute atomic E-state index is 0.00282. The van der Waals surface area contributed by atoms with Crippen LogP contribution in [0.25, 0.3) is 0 Å². The highest BCUT2D eigenvalue weighted by atomic mass is 16.5. The van der Waals surface area contributed by atoms with Crippen molar-refractivity contribution in [2.45, 2.75) is 38.5 Å². The Morgan fingerprint density at radius 2 is 2.21 bits per heavy atom. The summed E-state index contributed by atoms with van der Waals surface area (Å²) in [5, 5.41) is 9.45. The van der Waals surface area contributed by atoms with Crippen molar-refractivity contribution >= 4 is 0 Å². The van der Waals surface area contributed by atoms with Gasteiger partial charge in [0.25, 0.3) is 0 Å². The third-order valence-electron chi connectivity index (χ3n) is 4.29. The first-order valence-corrected chi connectivity index (χ1v) is 7.06. The summed E-state index contributed by atoms with van der Waals surface area (Å²) in [5.41, 5.74) is -0.193. The highest BCUT2D eigenvalue weighted by Crippen LogP contribution is 2.53. The van der Waals surface area contributed by atoms with E-state index in [1.165, 1.54) is 19.3 Å². The molecule has 4 nitrogen and oxygen atoms in total. The summed E-state index contributed by atoms with van der Waals surface area (Å²) in [6.07, 6.45) is 6.67. The van der Waals surface area contributed by atoms with Crippen molar-refractivity contribution in [2.75, 3.05) is 13.2 Å². The maximum absolute atomic E-state index is 11.3. The Morgan fingerprint density at radius 1 is 1.37 bits per heavy atom. The van der Waals surface area contributed by atoms with E-state index >= 15 is 0 Å². The molecule has 1 N–H and O–H groups in total. The molecule has 0 bridgehead atoms. The molecule has 1 aromatic rings. The van der Waals surface area contributed by atoms with Gasteiger partial charge in [-0.05, 0) is 43.4 Å². The molecule has 1 saturated heterocycles. The van der Waals surface area contributed by atoms with Gasteiger partial charge in [-0.25, -0.2) is 4.79 Å². The molecule has 1 aliphatic heterocycles. The Balaban J connectivity index is 1.66. The molecular formula is C15H20O4. The van der Waals surface area contributed by atoms with E-state index in [0.29, 0.717) is 11.7 Å². The topological polar surface area (TPSA) is 59.7 Å². The van der Waals surface area contributed by atoms with Gasteiger partial charge >= 0.3 is 5.63 Å². The van der Waals surface area contributed by atoms with E-state index in [-0.39, 0.29) is 11.2 Å². The van der Waals surface area contributed by atoms with Gasteiger partial charge in [0.2, 0.25) is 0 Å². The van der Waals surface area contributed by atoms with Crippen LogP contribution in [0.3, 0.4) is 0 Å². The smallest absolute Gasteiger partial charge is 0.339 e. The molecular weight excluding hydrogens is 244 g/mol. The monoisotopic (exact) mass is 264 g/mol. The van der Waals surface area contributed by atoms with Gasteiger partial charge in [-0.3, -0.25) is 0 Å². The predicted molar refractivity (Wildman–Crippen MR) is 70.2 cm³/mol. The number of ether oxygens (including phenoxy) is 1. The van der Waals surface area contributed by atoms with Gasteiger partial charge in [0.15, 0.2) is 0 Å². The Hall–Kier alpha value is -1.29. The third kappa shape index (κ3) is 3.18. The number of hydrogen-bond donors (Lipinski definition) is 1. The van der Waals surface area contributed by atoms with Gasteiger partial charge in [-0.15, -0.1) is 0 Å². The highest BCUT2D eigenvalue weighted by molar-refractivity contribution is 5.20. The van der Waals surface area contributed by atoms with Crippen LogP contribution >= 0.6 is 0 Å². The first-order valence-electron chi connectivity index (χ1n) is 7.06. The summed E-state index contributed by atoms with van der Waals surface area (Å²) in [6.45, 7) is 1.76. The zero-order valence-corrected chi connectivity index (χ0v) is 11.1. The molecule has 0 amide bonds. The highest BCUT2D eigenvalue weighted by Gasteiger charge is 2.44. The molecule has 2 heterocycles. The molecule has 1 aromatic heterocycles. The van der Waals surface area contributed by atoms with E-state index in [4.69, 9.17) is 9.15 Å². The average Bonchev–Trinajstić information content (AvgIpc) is 3.08. The fourth-order valence-corrected chi connectivity index (χ4v) is 3.18. The molecule has 1 atom stereocenters. The summed E-state index contributed by atoms with van der Waals surface area (Å²) in [7, 11) is 0. The maximum atomic E-state index is 11.3. The van der Waals surface area contributed by atoms with Crippen LogP contribution in [0.5, 0.6) is 5.75 Å². The van der Waals surface area contributed by atoms with Gasteiger partial charge in [-0.1, -0.05) is 0 Å². The van der Waals surface area contributed by atoms with Crippen molar-refractivity contribution < 1.29 is 14.3 Å². The second-order valence-corrected chi connectivity index (χ2v) is 6.07. The van der Waals surface area contributed by atoms with Gasteiger partial charge in [-0.2, -0.15) is 0 Å². The van der Waals surface area contributed by atoms with Crippen LogP contribution in [-0.2, 0) is 11.2 Å². The first-order chi connectivity index (χ1) is 9.15. The molecule has 0 aromatic carbocycles. The van der Waals surface area contributed by atoms with Gasteiger partial charge in [0, 0.05) is 25.7 Å². The molecule has 3 rings (SSSR count). The molecule has 19 heavy (non-hydrogen) atoms. The summed E-state index contributed by atoms with van der Waals surface area (Å²) >= 11 is 0. The molecule has 1 unspecified atom stereocenters. The predicted octanol–water partition coefficient (Wildman–Crippen LogP) is 2.48. The third-order valence-corrected chi connectivity index (χ3v) is 4.29. The molecule has 104 valence electrons. The van der Waals surface area contributed by atoms with Crippen molar-refractivity contribution in [2.24, 2.45) is 11.3 Å². The SMILES string of the molecule is O=c1cc(O)cc(CC2(CC3CCCOC3)CC2)o1. The van der Waals surface area contributed by atoms with E-state index in [9.17, 15) is 9.90 Å². The average molecular weight is 264 g/mol. The van der Waals surface area contributed by atoms with E-state index < -0.39 is 5.63 Å². The van der Waals surface area contributed by atoms with Crippen LogP contribution in [0.4, 0.5) is 0 Å². The maximum Gasteiger partial charge on any atom is 0.339 e. The Labute approximate surface area is 112 Å². The Morgan fingerprint density at radius 3 is 2.84 bits per heavy atom. The Bertz CT molecular complexity index is 495. The standard InChI is InChI=1S/C15H20O4/c16-12-6-13(19-14(17)7-12)9-15(3-4-15)8-11-2-1-5-18-10-11/h6-7,11,16H,1-5,8-10H2. The summed E-state index contributed by atoms with van der Waals surface area (Å²) in [4.78, 5) is 11.3. The van der Waals surface area contributed by atoms with Crippen LogP contribution in [0.1, 0.15) is 37.9 Å². The van der Waals surface area contributed by atoms with Crippen molar-refractivity contribution in [1.29, 1.82) is 0 Å². The lowest BCUT2D eigenvalue weighted by Gasteiger charge is -2.26. The largest absolute Gasteiger partial charge is 0.508 e. The number of hydrogen-bond acceptors (Lipinski definition) is 4. The molecule has 1 saturated carbocycles.